The standard InChI is InChI=1S/C33H33ClF3N5O2/c1-3-41-12-14-42(15-13-41)20-26-10-11-27(18-28(26)33(35,36)37)39-32(44)25-6-4-21(2)24(17-25)7-5-22-16-29(34)30(38-19-22)40-31(43)23-8-9-23/h4,6,10-11,16-19,23H,3,8-9,12-15,20H2,1-2H3,(H,39,44)(H,38,40,43). The minimum absolute atomic E-state index is 0.0165. The molecule has 7 nitrogen and oxygen atoms in total. The van der Waals surface area contributed by atoms with Gasteiger partial charge in [0, 0.05) is 67.2 Å². The van der Waals surface area contributed by atoms with Crippen LogP contribution in [0.5, 0.6) is 0 Å². The number of hydrogen-bond donors (Lipinski definition) is 2. The van der Waals surface area contributed by atoms with E-state index in [-0.39, 0.29) is 46.0 Å². The second kappa shape index (κ2) is 13.4. The summed E-state index contributed by atoms with van der Waals surface area (Å²) in [6, 6.07) is 10.5. The zero-order chi connectivity index (χ0) is 31.4. The molecule has 1 aromatic heterocycles. The Hall–Kier alpha value is -3.91. The fourth-order valence-corrected chi connectivity index (χ4v) is 5.18. The van der Waals surface area contributed by atoms with Gasteiger partial charge >= 0.3 is 6.18 Å². The number of rotatable bonds is 7. The van der Waals surface area contributed by atoms with Crippen LogP contribution in [0.4, 0.5) is 24.7 Å². The average Bonchev–Trinajstić information content (AvgIpc) is 3.84. The molecule has 1 aliphatic carbocycles. The van der Waals surface area contributed by atoms with E-state index in [0.29, 0.717) is 24.2 Å². The molecule has 1 saturated heterocycles. The van der Waals surface area contributed by atoms with Crippen LogP contribution in [0.3, 0.4) is 0 Å². The van der Waals surface area contributed by atoms with E-state index in [1.54, 1.807) is 24.3 Å². The van der Waals surface area contributed by atoms with E-state index in [1.165, 1.54) is 18.3 Å². The lowest BCUT2D eigenvalue weighted by Gasteiger charge is -2.34. The summed E-state index contributed by atoms with van der Waals surface area (Å²) in [5, 5.41) is 5.59. The number of nitrogens with one attached hydrogen (secondary N) is 2. The highest BCUT2D eigenvalue weighted by Gasteiger charge is 2.34. The van der Waals surface area contributed by atoms with Crippen molar-refractivity contribution in [1.29, 1.82) is 0 Å². The van der Waals surface area contributed by atoms with Gasteiger partial charge in [0.05, 0.1) is 10.6 Å². The predicted molar refractivity (Wildman–Crippen MR) is 165 cm³/mol. The monoisotopic (exact) mass is 623 g/mol. The van der Waals surface area contributed by atoms with Crippen LogP contribution in [0, 0.1) is 24.7 Å². The normalized spacial score (nSPS) is 15.8. The Balaban J connectivity index is 1.28. The first-order valence-corrected chi connectivity index (χ1v) is 14.9. The summed E-state index contributed by atoms with van der Waals surface area (Å²) in [7, 11) is 0. The van der Waals surface area contributed by atoms with Crippen LogP contribution >= 0.6 is 11.6 Å². The number of aryl methyl sites for hydroxylation is 1. The summed E-state index contributed by atoms with van der Waals surface area (Å²) in [5.41, 5.74) is 1.63. The fourth-order valence-electron chi connectivity index (χ4n) is 4.96. The largest absolute Gasteiger partial charge is 0.416 e. The van der Waals surface area contributed by atoms with Crippen molar-refractivity contribution in [3.05, 3.63) is 87.1 Å². The van der Waals surface area contributed by atoms with Crippen LogP contribution in [-0.4, -0.2) is 59.3 Å². The molecule has 2 heterocycles. The summed E-state index contributed by atoms with van der Waals surface area (Å²) in [4.78, 5) is 33.6. The highest BCUT2D eigenvalue weighted by atomic mass is 35.5. The maximum atomic E-state index is 14.0. The number of nitrogens with zero attached hydrogens (tertiary/aromatic N) is 3. The maximum Gasteiger partial charge on any atom is 0.416 e. The first kappa shape index (κ1) is 31.5. The van der Waals surface area contributed by atoms with Crippen molar-refractivity contribution in [1.82, 2.24) is 14.8 Å². The smallest absolute Gasteiger partial charge is 0.322 e. The number of pyridine rings is 1. The molecule has 5 rings (SSSR count). The number of alkyl halides is 3. The number of anilines is 2. The van der Waals surface area contributed by atoms with Crippen LogP contribution < -0.4 is 10.6 Å². The number of piperazine rings is 1. The third kappa shape index (κ3) is 7.97. The van der Waals surface area contributed by atoms with Gasteiger partial charge in [-0.25, -0.2) is 4.98 Å². The van der Waals surface area contributed by atoms with E-state index in [4.69, 9.17) is 11.6 Å². The molecule has 1 aliphatic heterocycles. The lowest BCUT2D eigenvalue weighted by Crippen LogP contribution is -2.45. The number of benzene rings is 2. The minimum atomic E-state index is -4.56. The average molecular weight is 624 g/mol. The predicted octanol–water partition coefficient (Wildman–Crippen LogP) is 6.20. The number of carbonyl (C=O) groups excluding carboxylic acids is 2. The summed E-state index contributed by atoms with van der Waals surface area (Å²) in [6.45, 7) is 8.09. The Bertz CT molecular complexity index is 1620. The molecule has 2 aromatic carbocycles. The van der Waals surface area contributed by atoms with Gasteiger partial charge < -0.3 is 15.5 Å². The quantitative estimate of drug-likeness (QED) is 0.307. The van der Waals surface area contributed by atoms with Crippen molar-refractivity contribution in [2.75, 3.05) is 43.4 Å². The van der Waals surface area contributed by atoms with Crippen molar-refractivity contribution >= 4 is 34.9 Å². The van der Waals surface area contributed by atoms with Crippen LogP contribution in [-0.2, 0) is 17.5 Å². The van der Waals surface area contributed by atoms with Gasteiger partial charge in [-0.2, -0.15) is 13.2 Å². The third-order valence-electron chi connectivity index (χ3n) is 7.85. The number of likely N-dealkylation sites (N-methyl/N-ethyl adjacent to an activating group) is 1. The molecular weight excluding hydrogens is 591 g/mol. The molecule has 2 fully saturated rings. The minimum Gasteiger partial charge on any atom is -0.322 e. The summed E-state index contributed by atoms with van der Waals surface area (Å²) < 4.78 is 42.1. The van der Waals surface area contributed by atoms with Crippen LogP contribution in [0.2, 0.25) is 5.02 Å². The topological polar surface area (TPSA) is 77.6 Å². The molecule has 2 aliphatic rings. The number of halogens is 4. The van der Waals surface area contributed by atoms with Gasteiger partial charge in [0.25, 0.3) is 5.91 Å². The van der Waals surface area contributed by atoms with Crippen molar-refractivity contribution < 1.29 is 22.8 Å². The van der Waals surface area contributed by atoms with Crippen molar-refractivity contribution in [2.24, 2.45) is 5.92 Å². The molecule has 44 heavy (non-hydrogen) atoms. The molecule has 0 radical (unpaired) electrons. The first-order chi connectivity index (χ1) is 21.0. The van der Waals surface area contributed by atoms with E-state index in [0.717, 1.165) is 44.1 Å². The Labute approximate surface area is 259 Å². The lowest BCUT2D eigenvalue weighted by atomic mass is 10.0. The first-order valence-electron chi connectivity index (χ1n) is 14.6. The van der Waals surface area contributed by atoms with E-state index in [1.807, 2.05) is 11.8 Å². The molecule has 2 N–H and O–H groups in total. The Morgan fingerprint density at radius 3 is 2.39 bits per heavy atom. The molecular formula is C33H33ClF3N5O2. The van der Waals surface area contributed by atoms with E-state index < -0.39 is 17.6 Å². The molecule has 2 amide bonds. The molecule has 0 unspecified atom stereocenters. The molecule has 230 valence electrons. The van der Waals surface area contributed by atoms with Gasteiger partial charge in [-0.1, -0.05) is 42.5 Å². The van der Waals surface area contributed by atoms with Gasteiger partial charge in [-0.3, -0.25) is 14.5 Å². The van der Waals surface area contributed by atoms with Gasteiger partial charge in [0.2, 0.25) is 5.91 Å². The van der Waals surface area contributed by atoms with Gasteiger partial charge in [0.1, 0.15) is 0 Å². The zero-order valence-electron chi connectivity index (χ0n) is 24.5. The SMILES string of the molecule is CCN1CCN(Cc2ccc(NC(=O)c3ccc(C)c(C#Cc4cnc(NC(=O)C5CC5)c(Cl)c4)c3)cc2C(F)(F)F)CC1. The Morgan fingerprint density at radius 2 is 1.73 bits per heavy atom. The Morgan fingerprint density at radius 1 is 1.00 bits per heavy atom. The lowest BCUT2D eigenvalue weighted by molar-refractivity contribution is -0.138. The van der Waals surface area contributed by atoms with Crippen molar-refractivity contribution in [3.8, 4) is 11.8 Å². The van der Waals surface area contributed by atoms with E-state index in [2.05, 4.69) is 39.3 Å². The molecule has 1 saturated carbocycles. The van der Waals surface area contributed by atoms with Gasteiger partial charge in [-0.05, 0) is 67.8 Å². The van der Waals surface area contributed by atoms with Gasteiger partial charge in [0.15, 0.2) is 5.82 Å². The zero-order valence-corrected chi connectivity index (χ0v) is 25.3. The Kier molecular flexibility index (Phi) is 9.59. The van der Waals surface area contributed by atoms with E-state index >= 15 is 0 Å². The molecule has 3 aromatic rings. The number of carbonyl (C=O) groups is 2. The van der Waals surface area contributed by atoms with Crippen LogP contribution in [0.1, 0.15) is 57.9 Å². The highest BCUT2D eigenvalue weighted by molar-refractivity contribution is 6.33. The second-order valence-electron chi connectivity index (χ2n) is 11.1. The summed E-state index contributed by atoms with van der Waals surface area (Å²) >= 11 is 6.29. The fraction of sp³-hybridized carbons (Fsp3) is 0.364. The summed E-state index contributed by atoms with van der Waals surface area (Å²) in [6.07, 6.45) is -1.34. The number of amides is 2. The van der Waals surface area contributed by atoms with Gasteiger partial charge in [-0.15, -0.1) is 0 Å². The summed E-state index contributed by atoms with van der Waals surface area (Å²) in [5.74, 6) is 5.63. The van der Waals surface area contributed by atoms with Crippen molar-refractivity contribution in [2.45, 2.75) is 39.4 Å². The van der Waals surface area contributed by atoms with Crippen LogP contribution in [0.15, 0.2) is 48.7 Å². The number of hydrogen-bond acceptors (Lipinski definition) is 5. The van der Waals surface area contributed by atoms with Crippen molar-refractivity contribution in [3.63, 3.8) is 0 Å². The molecule has 11 heteroatoms. The number of aromatic nitrogens is 1. The molecule has 0 atom stereocenters. The molecule has 0 spiro atoms. The molecule has 0 bridgehead atoms. The third-order valence-corrected chi connectivity index (χ3v) is 8.14. The second-order valence-corrected chi connectivity index (χ2v) is 11.5. The maximum absolute atomic E-state index is 14.0. The van der Waals surface area contributed by atoms with Crippen LogP contribution in [0.25, 0.3) is 0 Å². The highest BCUT2D eigenvalue weighted by Crippen LogP contribution is 2.35. The van der Waals surface area contributed by atoms with E-state index in [9.17, 15) is 22.8 Å².